The summed E-state index contributed by atoms with van der Waals surface area (Å²) >= 11 is 0. The third kappa shape index (κ3) is 6.65. The second kappa shape index (κ2) is 9.77. The van der Waals surface area contributed by atoms with Gasteiger partial charge in [0.15, 0.2) is 0 Å². The predicted octanol–water partition coefficient (Wildman–Crippen LogP) is 2.49. The van der Waals surface area contributed by atoms with Crippen molar-refractivity contribution in [1.29, 1.82) is 5.41 Å². The Hall–Kier alpha value is -1.77. The van der Waals surface area contributed by atoms with Crippen LogP contribution in [0.4, 0.5) is 0 Å². The minimum Gasteiger partial charge on any atom is -0.404 e. The zero-order valence-corrected chi connectivity index (χ0v) is 10.0. The number of nitrogens with two attached hydrogens (primary N) is 1. The summed E-state index contributed by atoms with van der Waals surface area (Å²) in [5, 5.41) is 10.3. The maximum atomic E-state index is 7.08. The van der Waals surface area contributed by atoms with E-state index in [9.17, 15) is 0 Å². The summed E-state index contributed by atoms with van der Waals surface area (Å²) in [4.78, 5) is 0. The van der Waals surface area contributed by atoms with Crippen LogP contribution < -0.4 is 11.1 Å². The fraction of sp³-hybridized carbons (Fsp3) is 0.308. The second-order valence-corrected chi connectivity index (χ2v) is 3.24. The van der Waals surface area contributed by atoms with E-state index in [-0.39, 0.29) is 0 Å². The summed E-state index contributed by atoms with van der Waals surface area (Å²) in [7, 11) is 0. The summed E-state index contributed by atoms with van der Waals surface area (Å²) in [6.45, 7) is 4.79. The quantitative estimate of drug-likeness (QED) is 0.455. The first kappa shape index (κ1) is 14.2. The van der Waals surface area contributed by atoms with Crippen LogP contribution in [0, 0.1) is 5.41 Å². The van der Waals surface area contributed by atoms with Gasteiger partial charge < -0.3 is 16.5 Å². The fourth-order valence-electron chi connectivity index (χ4n) is 1.07. The fourth-order valence-corrected chi connectivity index (χ4v) is 1.07. The largest absolute Gasteiger partial charge is 0.404 e. The van der Waals surface area contributed by atoms with E-state index < -0.39 is 0 Å². The predicted molar refractivity (Wildman–Crippen MR) is 71.4 cm³/mol. The Bertz CT molecular complexity index is 309. The van der Waals surface area contributed by atoms with Crippen LogP contribution in [0.5, 0.6) is 0 Å². The molecule has 0 unspecified atom stereocenters. The average Bonchev–Trinajstić information content (AvgIpc) is 2.32. The molecule has 0 aromatic heterocycles. The number of allylic oxidation sites excluding steroid dienone is 4. The van der Waals surface area contributed by atoms with Gasteiger partial charge in [-0.05, 0) is 43.8 Å². The maximum absolute atomic E-state index is 7.08. The van der Waals surface area contributed by atoms with Crippen LogP contribution in [0.25, 0.3) is 0 Å². The minimum absolute atomic E-state index is 0.695. The van der Waals surface area contributed by atoms with Crippen molar-refractivity contribution in [2.45, 2.75) is 20.3 Å². The van der Waals surface area contributed by atoms with Gasteiger partial charge in [-0.15, -0.1) is 0 Å². The van der Waals surface area contributed by atoms with Gasteiger partial charge in [0, 0.05) is 12.8 Å². The van der Waals surface area contributed by atoms with Gasteiger partial charge in [-0.2, -0.15) is 0 Å². The molecule has 16 heavy (non-hydrogen) atoms. The normalized spacial score (nSPS) is 13.6. The molecule has 0 atom stereocenters. The molecule has 0 bridgehead atoms. The highest BCUT2D eigenvalue weighted by atomic mass is 14.8. The molecule has 0 rings (SSSR count). The van der Waals surface area contributed by atoms with Crippen LogP contribution in [0.3, 0.4) is 0 Å². The van der Waals surface area contributed by atoms with E-state index in [1.54, 1.807) is 0 Å². The molecule has 0 aliphatic carbocycles. The van der Waals surface area contributed by atoms with Gasteiger partial charge >= 0.3 is 0 Å². The molecule has 0 aliphatic rings. The van der Waals surface area contributed by atoms with Crippen LogP contribution in [-0.4, -0.2) is 12.8 Å². The van der Waals surface area contributed by atoms with E-state index >= 15 is 0 Å². The molecule has 4 N–H and O–H groups in total. The number of hydrogen-bond donors (Lipinski definition) is 3. The first-order valence-corrected chi connectivity index (χ1v) is 5.36. The topological polar surface area (TPSA) is 61.9 Å². The molecule has 0 saturated heterocycles. The molecule has 0 aromatic carbocycles. The molecular formula is C13H21N3. The number of rotatable bonds is 7. The van der Waals surface area contributed by atoms with Crippen LogP contribution >= 0.6 is 0 Å². The van der Waals surface area contributed by atoms with Crippen LogP contribution in [0.1, 0.15) is 20.3 Å². The van der Waals surface area contributed by atoms with E-state index in [1.165, 1.54) is 18.0 Å². The Morgan fingerprint density at radius 3 is 2.56 bits per heavy atom. The van der Waals surface area contributed by atoms with E-state index in [0.29, 0.717) is 6.42 Å². The molecule has 0 saturated carbocycles. The highest BCUT2D eigenvalue weighted by Gasteiger charge is 1.90. The van der Waals surface area contributed by atoms with Gasteiger partial charge in [-0.1, -0.05) is 24.3 Å². The van der Waals surface area contributed by atoms with Crippen LogP contribution in [0.2, 0.25) is 0 Å². The zero-order chi connectivity index (χ0) is 12.2. The lowest BCUT2D eigenvalue weighted by Crippen LogP contribution is -2.08. The second-order valence-electron chi connectivity index (χ2n) is 3.24. The first-order valence-electron chi connectivity index (χ1n) is 5.36. The van der Waals surface area contributed by atoms with Gasteiger partial charge in [-0.3, -0.25) is 0 Å². The summed E-state index contributed by atoms with van der Waals surface area (Å²) in [5.41, 5.74) is 7.37. The lowest BCUT2D eigenvalue weighted by atomic mass is 10.1. The summed E-state index contributed by atoms with van der Waals surface area (Å²) in [5.74, 6) is 0. The monoisotopic (exact) mass is 219 g/mol. The van der Waals surface area contributed by atoms with E-state index in [1.807, 2.05) is 38.3 Å². The van der Waals surface area contributed by atoms with Crippen molar-refractivity contribution in [2.75, 3.05) is 6.54 Å². The standard InChI is InChI=1S/C13H21N3/c1-3-8-16-11-12(4-2)6-5-7-13(9-14)10-15/h3-6,8-10,14,16H,7,11,15H2,1-2H3/b6-5-,8-3-,12-4+,13-10-,14-9?. The van der Waals surface area contributed by atoms with Gasteiger partial charge in [0.05, 0.1) is 0 Å². The highest BCUT2D eigenvalue weighted by molar-refractivity contribution is 5.75. The highest BCUT2D eigenvalue weighted by Crippen LogP contribution is 2.01. The van der Waals surface area contributed by atoms with Crippen molar-refractivity contribution in [2.24, 2.45) is 5.73 Å². The van der Waals surface area contributed by atoms with Gasteiger partial charge in [0.2, 0.25) is 0 Å². The van der Waals surface area contributed by atoms with E-state index in [4.69, 9.17) is 11.1 Å². The Balaban J connectivity index is 4.12. The molecule has 0 spiro atoms. The molecule has 3 heteroatoms. The smallest absolute Gasteiger partial charge is 0.0391 e. The third-order valence-electron chi connectivity index (χ3n) is 2.05. The van der Waals surface area contributed by atoms with Gasteiger partial charge in [0.1, 0.15) is 0 Å². The van der Waals surface area contributed by atoms with E-state index in [0.717, 1.165) is 12.1 Å². The Morgan fingerprint density at radius 1 is 1.31 bits per heavy atom. The lowest BCUT2D eigenvalue weighted by Gasteiger charge is -2.01. The van der Waals surface area contributed by atoms with Gasteiger partial charge in [0.25, 0.3) is 0 Å². The average molecular weight is 219 g/mol. The molecule has 88 valence electrons. The Morgan fingerprint density at radius 2 is 2.06 bits per heavy atom. The molecule has 0 radical (unpaired) electrons. The van der Waals surface area contributed by atoms with Crippen molar-refractivity contribution in [3.8, 4) is 0 Å². The van der Waals surface area contributed by atoms with Crippen LogP contribution in [-0.2, 0) is 0 Å². The number of nitrogens with one attached hydrogen (secondary N) is 2. The van der Waals surface area contributed by atoms with Crippen molar-refractivity contribution < 1.29 is 0 Å². The third-order valence-corrected chi connectivity index (χ3v) is 2.05. The maximum Gasteiger partial charge on any atom is 0.0391 e. The molecule has 0 heterocycles. The number of hydrogen-bond acceptors (Lipinski definition) is 3. The zero-order valence-electron chi connectivity index (χ0n) is 10.0. The van der Waals surface area contributed by atoms with Crippen molar-refractivity contribution in [3.63, 3.8) is 0 Å². The minimum atomic E-state index is 0.695. The Kier molecular flexibility index (Phi) is 8.69. The molecule has 0 fully saturated rings. The van der Waals surface area contributed by atoms with E-state index in [2.05, 4.69) is 11.4 Å². The molecular weight excluding hydrogens is 198 g/mol. The van der Waals surface area contributed by atoms with Crippen LogP contribution in [0.15, 0.2) is 47.9 Å². The lowest BCUT2D eigenvalue weighted by molar-refractivity contribution is 0.950. The summed E-state index contributed by atoms with van der Waals surface area (Å²) < 4.78 is 0. The SMILES string of the molecule is C/C=C\NCC(/C=C\C/C(C=N)=C/N)=C/C. The Labute approximate surface area is 97.9 Å². The summed E-state index contributed by atoms with van der Waals surface area (Å²) in [6, 6.07) is 0. The first-order chi connectivity index (χ1) is 7.78. The molecule has 0 amide bonds. The molecule has 0 aliphatic heterocycles. The van der Waals surface area contributed by atoms with Gasteiger partial charge in [-0.25, -0.2) is 0 Å². The summed E-state index contributed by atoms with van der Waals surface area (Å²) in [6.07, 6.45) is 13.4. The molecule has 3 nitrogen and oxygen atoms in total. The van der Waals surface area contributed by atoms with Crippen molar-refractivity contribution in [3.05, 3.63) is 47.9 Å². The molecule has 0 aromatic rings. The van der Waals surface area contributed by atoms with Crippen molar-refractivity contribution >= 4 is 6.21 Å². The van der Waals surface area contributed by atoms with Crippen molar-refractivity contribution in [1.82, 2.24) is 5.32 Å².